The van der Waals surface area contributed by atoms with Gasteiger partial charge in [0.15, 0.2) is 5.13 Å². The quantitative estimate of drug-likeness (QED) is 0.233. The number of benzene rings is 1. The molecular weight excluding hydrogens is 549 g/mol. The van der Waals surface area contributed by atoms with E-state index in [0.29, 0.717) is 18.0 Å². The smallest absolute Gasteiger partial charge is 0.331 e. The van der Waals surface area contributed by atoms with Gasteiger partial charge in [-0.15, -0.1) is 34.0 Å². The lowest BCUT2D eigenvalue weighted by Crippen LogP contribution is -2.57. The van der Waals surface area contributed by atoms with Gasteiger partial charge in [-0.2, -0.15) is 8.42 Å². The fourth-order valence-corrected chi connectivity index (χ4v) is 7.38. The van der Waals surface area contributed by atoms with Crippen molar-refractivity contribution in [3.05, 3.63) is 92.3 Å². The summed E-state index contributed by atoms with van der Waals surface area (Å²) in [5.74, 6) is -1.69. The molecule has 1 aliphatic heterocycles. The Hall–Kier alpha value is -3.32. The van der Waals surface area contributed by atoms with Gasteiger partial charge in [0.1, 0.15) is 5.57 Å². The van der Waals surface area contributed by atoms with Gasteiger partial charge in [0.25, 0.3) is 11.8 Å². The van der Waals surface area contributed by atoms with Crippen molar-refractivity contribution in [3.8, 4) is 11.3 Å². The predicted molar refractivity (Wildman–Crippen MR) is 148 cm³/mol. The lowest BCUT2D eigenvalue weighted by Gasteiger charge is -2.35. The number of nitrogens with one attached hydrogen (secondary N) is 1. The monoisotopic (exact) mass is 570 g/mol. The van der Waals surface area contributed by atoms with Gasteiger partial charge in [0, 0.05) is 52.8 Å². The van der Waals surface area contributed by atoms with E-state index in [1.807, 2.05) is 70.7 Å². The van der Waals surface area contributed by atoms with Gasteiger partial charge in [-0.25, -0.2) is 13.6 Å². The van der Waals surface area contributed by atoms with E-state index in [4.69, 9.17) is 0 Å². The maximum atomic E-state index is 13.4. The van der Waals surface area contributed by atoms with E-state index in [-0.39, 0.29) is 18.7 Å². The number of hydrogen-bond donors (Lipinski definition) is 1. The first-order valence-corrected chi connectivity index (χ1v) is 15.4. The number of hydrogen-bond acceptors (Lipinski definition) is 9. The van der Waals surface area contributed by atoms with Crippen molar-refractivity contribution in [2.45, 2.75) is 12.8 Å². The average molecular weight is 571 g/mol. The molecule has 0 atom stereocenters. The number of thiophene rings is 2. The molecule has 1 aromatic carbocycles. The highest BCUT2D eigenvalue weighted by Crippen LogP contribution is 2.27. The van der Waals surface area contributed by atoms with Crippen LogP contribution in [0, 0.1) is 0 Å². The molecule has 1 fully saturated rings. The molecule has 0 aliphatic carbocycles. The highest BCUT2D eigenvalue weighted by atomic mass is 32.2. The van der Waals surface area contributed by atoms with Crippen LogP contribution in [0.2, 0.25) is 0 Å². The minimum absolute atomic E-state index is 0.0583. The Morgan fingerprint density at radius 1 is 0.811 bits per heavy atom. The first-order chi connectivity index (χ1) is 17.9. The number of amides is 2. The molecule has 1 aliphatic rings. The summed E-state index contributed by atoms with van der Waals surface area (Å²) in [6.45, 7) is -0.117. The largest absolute Gasteiger partial charge is 0.337 e. The fraction of sp³-hybridized carbons (Fsp3) is 0.160. The number of carbonyl (C=O) groups excluding carboxylic acids is 2. The predicted octanol–water partition coefficient (Wildman–Crippen LogP) is 4.63. The van der Waals surface area contributed by atoms with Gasteiger partial charge in [-0.3, -0.25) is 9.59 Å². The van der Waals surface area contributed by atoms with Crippen LogP contribution in [0.3, 0.4) is 0 Å². The Balaban J connectivity index is 1.41. The second kappa shape index (κ2) is 11.0. The summed E-state index contributed by atoms with van der Waals surface area (Å²) in [6, 6.07) is 17.1. The molecule has 37 heavy (non-hydrogen) atoms. The molecule has 3 aromatic heterocycles. The van der Waals surface area contributed by atoms with Crippen LogP contribution in [0.4, 0.5) is 5.13 Å². The molecule has 2 amide bonds. The Bertz CT molecular complexity index is 1450. The molecule has 0 radical (unpaired) electrons. The Kier molecular flexibility index (Phi) is 7.51. The number of rotatable bonds is 9. The first-order valence-electron chi connectivity index (χ1n) is 11.3. The van der Waals surface area contributed by atoms with E-state index >= 15 is 0 Å². The van der Waals surface area contributed by atoms with Crippen LogP contribution in [0.15, 0.2) is 82.5 Å². The van der Waals surface area contributed by atoms with Crippen molar-refractivity contribution in [3.63, 3.8) is 0 Å². The van der Waals surface area contributed by atoms with E-state index < -0.39 is 22.0 Å². The SMILES string of the molecule is O=C1C(=CNc2nc(-c3ccccc3)cs2)C(=O)N(CCc2cccs2)S(=O)(=O)N1CCc1cccs1. The molecule has 8 nitrogen and oxygen atoms in total. The molecule has 1 N–H and O–H groups in total. The zero-order valence-electron chi connectivity index (χ0n) is 19.4. The van der Waals surface area contributed by atoms with Crippen LogP contribution in [-0.4, -0.2) is 46.9 Å². The second-order valence-corrected chi connectivity index (χ2v) is 12.7. The molecule has 0 bridgehead atoms. The van der Waals surface area contributed by atoms with E-state index in [1.165, 1.54) is 40.2 Å². The first kappa shape index (κ1) is 25.3. The zero-order chi connectivity index (χ0) is 25.8. The number of anilines is 1. The van der Waals surface area contributed by atoms with Crippen molar-refractivity contribution in [2.24, 2.45) is 0 Å². The molecule has 12 heteroatoms. The summed E-state index contributed by atoms with van der Waals surface area (Å²) in [5, 5.41) is 9.07. The van der Waals surface area contributed by atoms with Crippen LogP contribution in [0.25, 0.3) is 11.3 Å². The van der Waals surface area contributed by atoms with Crippen LogP contribution in [0.1, 0.15) is 9.75 Å². The fourth-order valence-electron chi connectivity index (χ4n) is 3.79. The lowest BCUT2D eigenvalue weighted by atomic mass is 10.2. The number of thiazole rings is 1. The summed E-state index contributed by atoms with van der Waals surface area (Å²) in [7, 11) is -4.32. The normalized spacial score (nSPS) is 15.3. The maximum absolute atomic E-state index is 13.4. The standard InChI is InChI=1S/C25H22N4O4S4/c30-23-21(16-26-25-27-22(17-36-25)18-6-2-1-3-7-18)24(31)29(13-11-20-9-5-15-35-20)37(32,33)28(23)12-10-19-8-4-14-34-19/h1-9,14-17H,10-13H2,(H,26,27). The average Bonchev–Trinajstić information content (AvgIpc) is 3.67. The second-order valence-electron chi connectivity index (χ2n) is 8.03. The summed E-state index contributed by atoms with van der Waals surface area (Å²) >= 11 is 4.29. The van der Waals surface area contributed by atoms with Crippen LogP contribution < -0.4 is 5.32 Å². The minimum atomic E-state index is -4.32. The zero-order valence-corrected chi connectivity index (χ0v) is 22.7. The van der Waals surface area contributed by atoms with Crippen molar-refractivity contribution in [1.82, 2.24) is 13.6 Å². The van der Waals surface area contributed by atoms with Crippen LogP contribution >= 0.6 is 34.0 Å². The van der Waals surface area contributed by atoms with Crippen molar-refractivity contribution in [2.75, 3.05) is 18.4 Å². The molecular formula is C25H22N4O4S4. The van der Waals surface area contributed by atoms with Gasteiger partial charge >= 0.3 is 10.2 Å². The van der Waals surface area contributed by atoms with Gasteiger partial charge in [-0.1, -0.05) is 42.5 Å². The lowest BCUT2D eigenvalue weighted by molar-refractivity contribution is -0.131. The molecule has 5 rings (SSSR count). The van der Waals surface area contributed by atoms with Crippen molar-refractivity contribution in [1.29, 1.82) is 0 Å². The molecule has 190 valence electrons. The van der Waals surface area contributed by atoms with Gasteiger partial charge in [0.2, 0.25) is 0 Å². The Morgan fingerprint density at radius 2 is 1.41 bits per heavy atom. The third kappa shape index (κ3) is 5.52. The van der Waals surface area contributed by atoms with E-state index in [1.54, 1.807) is 0 Å². The summed E-state index contributed by atoms with van der Waals surface area (Å²) in [6.07, 6.45) is 2.00. The highest BCUT2D eigenvalue weighted by Gasteiger charge is 2.46. The number of nitrogens with zero attached hydrogens (tertiary/aromatic N) is 3. The van der Waals surface area contributed by atoms with Crippen LogP contribution in [-0.2, 0) is 32.6 Å². The van der Waals surface area contributed by atoms with Gasteiger partial charge in [-0.05, 0) is 22.9 Å². The summed E-state index contributed by atoms with van der Waals surface area (Å²) < 4.78 is 28.4. The highest BCUT2D eigenvalue weighted by molar-refractivity contribution is 7.88. The van der Waals surface area contributed by atoms with E-state index in [9.17, 15) is 18.0 Å². The molecule has 0 spiro atoms. The van der Waals surface area contributed by atoms with Gasteiger partial charge in [0.05, 0.1) is 5.69 Å². The Morgan fingerprint density at radius 3 is 1.95 bits per heavy atom. The molecule has 4 aromatic rings. The third-order valence-corrected chi connectivity index (χ3v) is 10.1. The molecule has 0 unspecified atom stereocenters. The maximum Gasteiger partial charge on any atom is 0.331 e. The van der Waals surface area contributed by atoms with Crippen LogP contribution in [0.5, 0.6) is 0 Å². The minimum Gasteiger partial charge on any atom is -0.337 e. The molecule has 4 heterocycles. The topological polar surface area (TPSA) is 99.7 Å². The summed E-state index contributed by atoms with van der Waals surface area (Å²) in [5.41, 5.74) is 1.45. The number of carbonyl (C=O) groups is 2. The van der Waals surface area contributed by atoms with Gasteiger partial charge < -0.3 is 5.32 Å². The van der Waals surface area contributed by atoms with Crippen molar-refractivity contribution < 1.29 is 18.0 Å². The van der Waals surface area contributed by atoms with E-state index in [2.05, 4.69) is 10.3 Å². The Labute approximate surface area is 226 Å². The molecule has 0 saturated carbocycles. The third-order valence-electron chi connectivity index (χ3n) is 5.67. The number of aromatic nitrogens is 1. The van der Waals surface area contributed by atoms with E-state index in [0.717, 1.165) is 29.6 Å². The molecule has 1 saturated heterocycles. The van der Waals surface area contributed by atoms with Crippen molar-refractivity contribution >= 4 is 61.2 Å². The summed E-state index contributed by atoms with van der Waals surface area (Å²) in [4.78, 5) is 33.1.